The Kier molecular flexibility index (Phi) is 8.57. The molecule has 0 spiro atoms. The molecule has 1 saturated heterocycles. The molecular formula is C12H18Cl3N3. The maximum absolute atomic E-state index is 6.12. The Morgan fingerprint density at radius 2 is 2.06 bits per heavy atom. The van der Waals surface area contributed by atoms with Gasteiger partial charge in [-0.25, -0.2) is 4.98 Å². The molecule has 1 N–H and O–H groups in total. The predicted molar refractivity (Wildman–Crippen MR) is 81.1 cm³/mol. The van der Waals surface area contributed by atoms with E-state index in [0.29, 0.717) is 5.15 Å². The zero-order valence-electron chi connectivity index (χ0n) is 10.0. The Bertz CT molecular complexity index is 367. The third-order valence-electron chi connectivity index (χ3n) is 2.87. The van der Waals surface area contributed by atoms with Gasteiger partial charge in [-0.3, -0.25) is 4.90 Å². The van der Waals surface area contributed by atoms with Crippen LogP contribution in [0.5, 0.6) is 0 Å². The van der Waals surface area contributed by atoms with Crippen molar-refractivity contribution in [1.29, 1.82) is 0 Å². The van der Waals surface area contributed by atoms with Gasteiger partial charge in [0.1, 0.15) is 5.15 Å². The zero-order chi connectivity index (χ0) is 11.4. The third-order valence-corrected chi connectivity index (χ3v) is 3.19. The maximum Gasteiger partial charge on any atom is 0.134 e. The van der Waals surface area contributed by atoms with Crippen molar-refractivity contribution in [3.8, 4) is 0 Å². The Labute approximate surface area is 125 Å². The average molecular weight is 311 g/mol. The first kappa shape index (κ1) is 17.7. The summed E-state index contributed by atoms with van der Waals surface area (Å²) in [4.78, 5) is 6.49. The topological polar surface area (TPSA) is 28.2 Å². The van der Waals surface area contributed by atoms with Crippen molar-refractivity contribution in [2.24, 2.45) is 0 Å². The second-order valence-electron chi connectivity index (χ2n) is 3.85. The molecule has 2 rings (SSSR count). The fourth-order valence-electron chi connectivity index (χ4n) is 2.05. The van der Waals surface area contributed by atoms with Gasteiger partial charge in [-0.15, -0.1) is 31.4 Å². The molecule has 18 heavy (non-hydrogen) atoms. The van der Waals surface area contributed by atoms with Crippen LogP contribution in [0, 0.1) is 0 Å². The highest BCUT2D eigenvalue weighted by atomic mass is 35.5. The van der Waals surface area contributed by atoms with E-state index in [9.17, 15) is 0 Å². The van der Waals surface area contributed by atoms with E-state index in [2.05, 4.69) is 21.8 Å². The molecule has 0 aromatic carbocycles. The highest BCUT2D eigenvalue weighted by molar-refractivity contribution is 6.30. The minimum Gasteiger partial charge on any atom is -0.314 e. The third kappa shape index (κ3) is 4.11. The molecule has 1 fully saturated rings. The Balaban J connectivity index is 0.00000144. The number of hydrogen-bond donors (Lipinski definition) is 1. The van der Waals surface area contributed by atoms with Gasteiger partial charge in [0.05, 0.1) is 6.04 Å². The lowest BCUT2D eigenvalue weighted by molar-refractivity contribution is 0.203. The van der Waals surface area contributed by atoms with Crippen molar-refractivity contribution in [1.82, 2.24) is 15.2 Å². The van der Waals surface area contributed by atoms with Crippen LogP contribution in [0.1, 0.15) is 11.6 Å². The van der Waals surface area contributed by atoms with Gasteiger partial charge >= 0.3 is 0 Å². The van der Waals surface area contributed by atoms with E-state index in [0.717, 1.165) is 31.7 Å². The average Bonchev–Trinajstić information content (AvgIpc) is 2.34. The van der Waals surface area contributed by atoms with Crippen molar-refractivity contribution < 1.29 is 0 Å². The van der Waals surface area contributed by atoms with Gasteiger partial charge < -0.3 is 5.32 Å². The van der Waals surface area contributed by atoms with Crippen LogP contribution in [0.15, 0.2) is 31.0 Å². The van der Waals surface area contributed by atoms with Crippen molar-refractivity contribution in [3.05, 3.63) is 41.7 Å². The smallest absolute Gasteiger partial charge is 0.134 e. The summed E-state index contributed by atoms with van der Waals surface area (Å²) in [5.74, 6) is 0. The van der Waals surface area contributed by atoms with Gasteiger partial charge in [-0.05, 0) is 6.07 Å². The molecule has 0 bridgehead atoms. The summed E-state index contributed by atoms with van der Waals surface area (Å²) in [6, 6.07) is 4.10. The van der Waals surface area contributed by atoms with Gasteiger partial charge in [0.25, 0.3) is 0 Å². The molecule has 0 radical (unpaired) electrons. The second kappa shape index (κ2) is 8.73. The number of nitrogens with zero attached hydrogens (tertiary/aromatic N) is 2. The van der Waals surface area contributed by atoms with Crippen LogP contribution in [-0.2, 0) is 0 Å². The van der Waals surface area contributed by atoms with Crippen LogP contribution in [0.4, 0.5) is 0 Å². The maximum atomic E-state index is 6.12. The molecule has 0 amide bonds. The lowest BCUT2D eigenvalue weighted by atomic mass is 10.1. The summed E-state index contributed by atoms with van der Waals surface area (Å²) < 4.78 is 0. The van der Waals surface area contributed by atoms with Gasteiger partial charge in [-0.1, -0.05) is 23.7 Å². The SMILES string of the molecule is C=C[C@H](c1cccnc1Cl)N1CCNCC1.Cl.Cl. The Morgan fingerprint density at radius 1 is 1.39 bits per heavy atom. The van der Waals surface area contributed by atoms with E-state index < -0.39 is 0 Å². The van der Waals surface area contributed by atoms with Crippen LogP contribution >= 0.6 is 36.4 Å². The second-order valence-corrected chi connectivity index (χ2v) is 4.21. The van der Waals surface area contributed by atoms with E-state index in [4.69, 9.17) is 11.6 Å². The van der Waals surface area contributed by atoms with Crippen LogP contribution in [0.2, 0.25) is 5.15 Å². The van der Waals surface area contributed by atoms with Crippen LogP contribution in [-0.4, -0.2) is 36.1 Å². The highest BCUT2D eigenvalue weighted by Gasteiger charge is 2.21. The lowest BCUT2D eigenvalue weighted by Gasteiger charge is -2.33. The van der Waals surface area contributed by atoms with E-state index in [-0.39, 0.29) is 30.9 Å². The first-order valence-corrected chi connectivity index (χ1v) is 5.88. The number of halogens is 3. The molecule has 1 aromatic rings. The van der Waals surface area contributed by atoms with E-state index >= 15 is 0 Å². The zero-order valence-corrected chi connectivity index (χ0v) is 12.4. The summed E-state index contributed by atoms with van der Waals surface area (Å²) >= 11 is 6.12. The van der Waals surface area contributed by atoms with Crippen LogP contribution in [0.3, 0.4) is 0 Å². The van der Waals surface area contributed by atoms with Gasteiger partial charge in [0, 0.05) is 37.9 Å². The number of rotatable bonds is 3. The summed E-state index contributed by atoms with van der Waals surface area (Å²) in [7, 11) is 0. The molecule has 0 saturated carbocycles. The number of hydrogen-bond acceptors (Lipinski definition) is 3. The molecule has 2 heterocycles. The van der Waals surface area contributed by atoms with Gasteiger partial charge in [0.2, 0.25) is 0 Å². The summed E-state index contributed by atoms with van der Waals surface area (Å²) in [6.45, 7) is 7.97. The number of piperazine rings is 1. The minimum atomic E-state index is 0. The summed E-state index contributed by atoms with van der Waals surface area (Å²) in [5.41, 5.74) is 1.04. The first-order chi connectivity index (χ1) is 7.83. The molecular weight excluding hydrogens is 293 g/mol. The van der Waals surface area contributed by atoms with Crippen molar-refractivity contribution in [3.63, 3.8) is 0 Å². The minimum absolute atomic E-state index is 0. The fraction of sp³-hybridized carbons (Fsp3) is 0.417. The molecule has 1 aliphatic heterocycles. The molecule has 102 valence electrons. The monoisotopic (exact) mass is 309 g/mol. The van der Waals surface area contributed by atoms with Crippen molar-refractivity contribution >= 4 is 36.4 Å². The largest absolute Gasteiger partial charge is 0.314 e. The molecule has 3 nitrogen and oxygen atoms in total. The normalized spacial score (nSPS) is 17.2. The fourth-order valence-corrected chi connectivity index (χ4v) is 2.28. The highest BCUT2D eigenvalue weighted by Crippen LogP contribution is 2.26. The molecule has 0 unspecified atom stereocenters. The van der Waals surface area contributed by atoms with Crippen molar-refractivity contribution in [2.45, 2.75) is 6.04 Å². The van der Waals surface area contributed by atoms with Gasteiger partial charge in [0.15, 0.2) is 0 Å². The molecule has 1 atom stereocenters. The number of nitrogens with one attached hydrogen (secondary N) is 1. The molecule has 1 aliphatic rings. The quantitative estimate of drug-likeness (QED) is 0.687. The lowest BCUT2D eigenvalue weighted by Crippen LogP contribution is -2.44. The van der Waals surface area contributed by atoms with E-state index in [1.54, 1.807) is 6.20 Å². The van der Waals surface area contributed by atoms with Crippen LogP contribution < -0.4 is 5.32 Å². The van der Waals surface area contributed by atoms with E-state index in [1.165, 1.54) is 0 Å². The standard InChI is InChI=1S/C12H16ClN3.2ClH/c1-2-11(16-8-6-14-7-9-16)10-4-3-5-15-12(10)13;;/h2-5,11,14H,1,6-9H2;2*1H/t11-;;/m1../s1. The number of pyridine rings is 1. The summed E-state index contributed by atoms with van der Waals surface area (Å²) in [6.07, 6.45) is 3.65. The van der Waals surface area contributed by atoms with Crippen LogP contribution in [0.25, 0.3) is 0 Å². The first-order valence-electron chi connectivity index (χ1n) is 5.50. The summed E-state index contributed by atoms with van der Waals surface area (Å²) in [5, 5.41) is 3.91. The predicted octanol–water partition coefficient (Wildman–Crippen LogP) is 2.71. The van der Waals surface area contributed by atoms with Crippen molar-refractivity contribution in [2.75, 3.05) is 26.2 Å². The molecule has 0 aliphatic carbocycles. The molecule has 1 aromatic heterocycles. The number of aromatic nitrogens is 1. The van der Waals surface area contributed by atoms with E-state index in [1.807, 2.05) is 18.2 Å². The Hall–Kier alpha value is -0.320. The Morgan fingerprint density at radius 3 is 2.61 bits per heavy atom. The van der Waals surface area contributed by atoms with Gasteiger partial charge in [-0.2, -0.15) is 0 Å². The molecule has 6 heteroatoms.